The summed E-state index contributed by atoms with van der Waals surface area (Å²) in [7, 11) is 9.13. The van der Waals surface area contributed by atoms with Gasteiger partial charge in [0, 0.05) is 74.9 Å². The molecule has 0 spiro atoms. The fourth-order valence-corrected chi connectivity index (χ4v) is 16.9. The Morgan fingerprint density at radius 1 is 0.282 bits per heavy atom. The molecular formula is C97H94Br7ClFIN6O12S6. The van der Waals surface area contributed by atoms with Crippen molar-refractivity contribution >= 4 is 284 Å². The van der Waals surface area contributed by atoms with E-state index >= 15 is 0 Å². The van der Waals surface area contributed by atoms with Gasteiger partial charge in [0.1, 0.15) is 80.0 Å². The first-order valence-electron chi connectivity index (χ1n) is 39.3. The van der Waals surface area contributed by atoms with Gasteiger partial charge in [0.15, 0.2) is 0 Å². The van der Waals surface area contributed by atoms with Crippen LogP contribution in [0.1, 0.15) is 72.3 Å². The molecule has 0 saturated heterocycles. The number of para-hydroxylation sites is 1. The van der Waals surface area contributed by atoms with Gasteiger partial charge >= 0.3 is 0 Å². The first kappa shape index (κ1) is 110. The van der Waals surface area contributed by atoms with E-state index in [1.807, 2.05) is 255 Å². The Balaban J connectivity index is 0.000000215. The maximum absolute atomic E-state index is 14.1. The van der Waals surface area contributed by atoms with E-state index < -0.39 is 0 Å². The van der Waals surface area contributed by atoms with E-state index in [1.54, 1.807) is 26.4 Å². The largest absolute Gasteiger partial charge is 0.488 e. The smallest absolute Gasteiger partial charge is 0.260 e. The molecule has 18 nitrogen and oxygen atoms in total. The second-order valence-corrected chi connectivity index (χ2v) is 37.6. The van der Waals surface area contributed by atoms with Crippen LogP contribution >= 0.6 is 219 Å². The maximum atomic E-state index is 14.1. The van der Waals surface area contributed by atoms with Crippen molar-refractivity contribution in [2.24, 2.45) is 0 Å². The number of benzene rings is 12. The second kappa shape index (κ2) is 57.6. The Morgan fingerprint density at radius 3 is 0.908 bits per heavy atom. The number of rotatable bonds is 24. The molecule has 0 aliphatic heterocycles. The van der Waals surface area contributed by atoms with Gasteiger partial charge in [-0.2, -0.15) is 0 Å². The number of nitrogens with one attached hydrogen (secondary N) is 6. The molecule has 12 aromatic carbocycles. The maximum Gasteiger partial charge on any atom is 0.260 e. The van der Waals surface area contributed by atoms with Crippen molar-refractivity contribution in [3.05, 3.63) is 342 Å². The first-order valence-corrected chi connectivity index (χ1v) is 48.8. The molecule has 0 radical (unpaired) electrons. The van der Waals surface area contributed by atoms with Gasteiger partial charge in [0.05, 0.1) is 75.2 Å². The van der Waals surface area contributed by atoms with Crippen molar-refractivity contribution in [1.29, 1.82) is 0 Å². The van der Waals surface area contributed by atoms with Crippen molar-refractivity contribution in [1.82, 2.24) is 0 Å². The van der Waals surface area contributed by atoms with Crippen LogP contribution in [0, 0.1) is 57.9 Å². The molecule has 12 aromatic rings. The zero-order valence-corrected chi connectivity index (χ0v) is 92.1. The van der Waals surface area contributed by atoms with Gasteiger partial charge in [-0.25, -0.2) is 4.39 Å². The topological polar surface area (TPSA) is 183 Å². The van der Waals surface area contributed by atoms with Crippen LogP contribution in [-0.4, -0.2) is 73.7 Å². The van der Waals surface area contributed by atoms with Crippen LogP contribution in [-0.2, 0) is 68.1 Å². The molecule has 690 valence electrons. The van der Waals surface area contributed by atoms with Crippen LogP contribution < -0.4 is 60.3 Å². The molecule has 12 rings (SSSR count). The van der Waals surface area contributed by atoms with Crippen molar-refractivity contribution in [2.75, 3.05) is 74.6 Å². The standard InChI is InChI=1S/C17H18BrNO2S.C16H15Br2NO2S.C16H15BrClNO2S.C16H15BrFNO2S.C16H15BrINO2S.C16H16BrNO2S/c1-11-7-8-16(14(18)9-11)21-10-13-12(2)5-4-6-15(13)19-17(22)20-3;1-10-6-7-15(13(18)8-10)21-9-11-12(17)4-3-5-14(11)19-16(22)20-2;3*1-10-6-7-15(12(17)8-10)21-9-11-13(18)4-3-5-14(11)19-16(22)20-2;1-11-7-8-15(13(17)9-11)20-10-12-5-3-4-6-14(12)18-16(21)19-2/h4-9H,10H2,1-3H3,(H,19,22);4*3-8H,9H2,1-2H3,(H,19,22);3-9H,10H2,1-2H3,(H,18,21). The highest BCUT2D eigenvalue weighted by atomic mass is 127. The summed E-state index contributed by atoms with van der Waals surface area (Å²) in [5.41, 5.74) is 18.2. The normalized spacial score (nSPS) is 10.2. The third-order valence-electron chi connectivity index (χ3n) is 18.2. The molecular weight excluding hydrogens is 2370 g/mol. The zero-order chi connectivity index (χ0) is 95.8. The minimum Gasteiger partial charge on any atom is -0.488 e. The minimum absolute atomic E-state index is 0.0724. The lowest BCUT2D eigenvalue weighted by Gasteiger charge is -2.16. The van der Waals surface area contributed by atoms with Gasteiger partial charge < -0.3 is 88.7 Å². The van der Waals surface area contributed by atoms with Crippen molar-refractivity contribution < 1.29 is 61.2 Å². The number of methoxy groups -OCH3 is 6. The second-order valence-electron chi connectivity index (χ2n) is 27.9. The zero-order valence-electron chi connectivity index (χ0n) is 73.2. The third-order valence-corrected chi connectivity index (χ3v) is 25.6. The Hall–Kier alpha value is -8.11. The highest BCUT2D eigenvalue weighted by molar-refractivity contribution is 14.1. The summed E-state index contributed by atoms with van der Waals surface area (Å²) < 4.78 is 86.7. The van der Waals surface area contributed by atoms with Crippen molar-refractivity contribution in [3.8, 4) is 34.5 Å². The monoisotopic (exact) mass is 2460 g/mol. The predicted octanol–water partition coefficient (Wildman–Crippen LogP) is 30.5. The lowest BCUT2D eigenvalue weighted by Crippen LogP contribution is -2.14. The molecule has 0 aromatic heterocycles. The summed E-state index contributed by atoms with van der Waals surface area (Å²) in [6.45, 7) is 16.3. The third kappa shape index (κ3) is 37.2. The van der Waals surface area contributed by atoms with Gasteiger partial charge in [-0.05, 0) is 412 Å². The van der Waals surface area contributed by atoms with Gasteiger partial charge in [-0.15, -0.1) is 0 Å². The SMILES string of the molecule is COC(=S)Nc1cccc(Br)c1COc1ccc(C)cc1Br.COC(=S)Nc1cccc(C)c1COc1ccc(C)cc1Br.COC(=S)Nc1cccc(Cl)c1COc1ccc(C)cc1Br.COC(=S)Nc1cccc(F)c1COc1ccc(C)cc1Br.COC(=S)Nc1cccc(I)c1COc1ccc(C)cc1Br.COC(=S)Nc1ccccc1COc1ccc(C)cc1Br. The molecule has 0 amide bonds. The van der Waals surface area contributed by atoms with Gasteiger partial charge in [0.2, 0.25) is 0 Å². The van der Waals surface area contributed by atoms with E-state index in [1.165, 1.54) is 56.8 Å². The number of aryl methyl sites for hydroxylation is 7. The highest BCUT2D eigenvalue weighted by Gasteiger charge is 2.19. The number of ether oxygens (including phenoxy) is 12. The molecule has 0 heterocycles. The number of hydrogen-bond donors (Lipinski definition) is 6. The molecule has 0 fully saturated rings. The molecule has 131 heavy (non-hydrogen) atoms. The van der Waals surface area contributed by atoms with Crippen molar-refractivity contribution in [3.63, 3.8) is 0 Å². The Labute approximate surface area is 875 Å². The molecule has 0 saturated carbocycles. The van der Waals surface area contributed by atoms with Gasteiger partial charge in [-0.3, -0.25) is 0 Å². The number of hydrogen-bond acceptors (Lipinski definition) is 18. The van der Waals surface area contributed by atoms with E-state index in [0.717, 1.165) is 137 Å². The first-order chi connectivity index (χ1) is 62.6. The van der Waals surface area contributed by atoms with Crippen molar-refractivity contribution in [2.45, 2.75) is 88.1 Å². The van der Waals surface area contributed by atoms with E-state index in [4.69, 9.17) is 142 Å². The fraction of sp³-hybridized carbons (Fsp3) is 0.196. The highest BCUT2D eigenvalue weighted by Crippen LogP contribution is 2.37. The molecule has 0 atom stereocenters. The molecule has 0 aliphatic rings. The summed E-state index contributed by atoms with van der Waals surface area (Å²) >= 11 is 63.3. The van der Waals surface area contributed by atoms with Crippen LogP contribution in [0.4, 0.5) is 38.5 Å². The van der Waals surface area contributed by atoms with E-state index in [0.29, 0.717) is 75.8 Å². The van der Waals surface area contributed by atoms with E-state index in [9.17, 15) is 4.39 Å². The van der Waals surface area contributed by atoms with Gasteiger partial charge in [-0.1, -0.05) is 119 Å². The average molecular weight is 2470 g/mol. The minimum atomic E-state index is -0.368. The van der Waals surface area contributed by atoms with E-state index in [2.05, 4.69) is 166 Å². The van der Waals surface area contributed by atoms with Crippen LogP contribution in [0.3, 0.4) is 0 Å². The van der Waals surface area contributed by atoms with Crippen LogP contribution in [0.15, 0.2) is 256 Å². The molecule has 0 bridgehead atoms. The molecule has 6 N–H and O–H groups in total. The summed E-state index contributed by atoms with van der Waals surface area (Å²) in [6.07, 6.45) is 0. The Morgan fingerprint density at radius 2 is 0.542 bits per heavy atom. The van der Waals surface area contributed by atoms with Crippen LogP contribution in [0.5, 0.6) is 34.5 Å². The molecule has 0 unspecified atom stereocenters. The lowest BCUT2D eigenvalue weighted by atomic mass is 10.1. The summed E-state index contributed by atoms with van der Waals surface area (Å²) in [5, 5.41) is 20.4. The number of halogens is 10. The Bertz CT molecular complexity index is 5260. The molecule has 0 aliphatic carbocycles. The summed E-state index contributed by atoms with van der Waals surface area (Å²) in [4.78, 5) is 0. The fourth-order valence-electron chi connectivity index (χ4n) is 11.3. The van der Waals surface area contributed by atoms with Gasteiger partial charge in [0.25, 0.3) is 31.0 Å². The number of thiocarbonyl (C=S) groups is 6. The average Bonchev–Trinajstić information content (AvgIpc) is 0.849. The lowest BCUT2D eigenvalue weighted by molar-refractivity contribution is 0.298. The quantitative estimate of drug-likeness (QED) is 0.0248. The number of anilines is 6. The summed E-state index contributed by atoms with van der Waals surface area (Å²) in [6, 6.07) is 71.4. The predicted molar refractivity (Wildman–Crippen MR) is 587 cm³/mol. The van der Waals surface area contributed by atoms with Crippen LogP contribution in [0.2, 0.25) is 5.02 Å². The summed E-state index contributed by atoms with van der Waals surface area (Å²) in [5.74, 6) is 4.26. The van der Waals surface area contributed by atoms with Crippen LogP contribution in [0.25, 0.3) is 0 Å². The van der Waals surface area contributed by atoms with E-state index in [-0.39, 0.29) is 22.8 Å². The Kier molecular flexibility index (Phi) is 48.3. The molecule has 34 heteroatoms.